The van der Waals surface area contributed by atoms with Crippen molar-refractivity contribution in [3.8, 4) is 0 Å². The number of hydrogen-bond donors (Lipinski definition) is 1. The molecule has 0 saturated heterocycles. The van der Waals surface area contributed by atoms with Crippen LogP contribution in [0.2, 0.25) is 0 Å². The fraction of sp³-hybridized carbons (Fsp3) is 0.750. The minimum atomic E-state index is -0.830. The standard InChI is InChI=1S/C12H21N3O2S/c1-5-6-10-13-14-12(18-7-11(16)17)15(10)9(4)8(2)3/h8-9H,5-7H2,1-4H3,(H,16,17). The van der Waals surface area contributed by atoms with Crippen LogP contribution in [-0.2, 0) is 11.2 Å². The van der Waals surface area contributed by atoms with E-state index in [0.29, 0.717) is 11.1 Å². The molecule has 5 nitrogen and oxygen atoms in total. The summed E-state index contributed by atoms with van der Waals surface area (Å²) in [4.78, 5) is 10.6. The lowest BCUT2D eigenvalue weighted by Crippen LogP contribution is -2.16. The lowest BCUT2D eigenvalue weighted by Gasteiger charge is -2.21. The van der Waals surface area contributed by atoms with Gasteiger partial charge in [0, 0.05) is 12.5 Å². The number of carboxylic acid groups (broad SMARTS) is 1. The summed E-state index contributed by atoms with van der Waals surface area (Å²) in [5, 5.41) is 17.8. The molecule has 102 valence electrons. The molecule has 0 amide bonds. The highest BCUT2D eigenvalue weighted by Gasteiger charge is 2.20. The zero-order chi connectivity index (χ0) is 13.7. The summed E-state index contributed by atoms with van der Waals surface area (Å²) >= 11 is 1.24. The van der Waals surface area contributed by atoms with E-state index in [-0.39, 0.29) is 11.8 Å². The Balaban J connectivity index is 2.98. The molecule has 0 aliphatic carbocycles. The normalized spacial score (nSPS) is 12.9. The van der Waals surface area contributed by atoms with E-state index in [4.69, 9.17) is 5.11 Å². The lowest BCUT2D eigenvalue weighted by molar-refractivity contribution is -0.133. The molecule has 1 unspecified atom stereocenters. The molecule has 0 aliphatic rings. The largest absolute Gasteiger partial charge is 0.481 e. The SMILES string of the molecule is CCCc1nnc(SCC(=O)O)n1C(C)C(C)C. The first-order chi connectivity index (χ1) is 8.47. The highest BCUT2D eigenvalue weighted by molar-refractivity contribution is 7.99. The van der Waals surface area contributed by atoms with Gasteiger partial charge in [0.15, 0.2) is 5.16 Å². The van der Waals surface area contributed by atoms with E-state index in [9.17, 15) is 4.79 Å². The molecule has 0 bridgehead atoms. The van der Waals surface area contributed by atoms with Crippen molar-refractivity contribution < 1.29 is 9.90 Å². The van der Waals surface area contributed by atoms with Gasteiger partial charge < -0.3 is 9.67 Å². The number of carbonyl (C=O) groups is 1. The third kappa shape index (κ3) is 3.73. The first kappa shape index (κ1) is 15.0. The maximum Gasteiger partial charge on any atom is 0.313 e. The average Bonchev–Trinajstić information content (AvgIpc) is 2.68. The minimum absolute atomic E-state index is 0.0229. The Morgan fingerprint density at radius 1 is 1.39 bits per heavy atom. The van der Waals surface area contributed by atoms with Crippen molar-refractivity contribution in [1.82, 2.24) is 14.8 Å². The second-order valence-electron chi connectivity index (χ2n) is 4.69. The molecule has 0 fully saturated rings. The van der Waals surface area contributed by atoms with Crippen molar-refractivity contribution in [3.05, 3.63) is 5.82 Å². The summed E-state index contributed by atoms with van der Waals surface area (Å²) in [6.07, 6.45) is 1.88. The molecule has 0 saturated carbocycles. The first-order valence-corrected chi connectivity index (χ1v) is 7.24. The molecule has 6 heteroatoms. The number of rotatable bonds is 7. The fourth-order valence-electron chi connectivity index (χ4n) is 1.63. The topological polar surface area (TPSA) is 68.0 Å². The van der Waals surface area contributed by atoms with Gasteiger partial charge in [-0.05, 0) is 19.3 Å². The summed E-state index contributed by atoms with van der Waals surface area (Å²) in [6, 6.07) is 0.276. The van der Waals surface area contributed by atoms with Crippen LogP contribution in [0.15, 0.2) is 5.16 Å². The predicted octanol–water partition coefficient (Wildman–Crippen LogP) is 2.62. The number of aromatic nitrogens is 3. The molecule has 1 rings (SSSR count). The van der Waals surface area contributed by atoms with Crippen molar-refractivity contribution in [1.29, 1.82) is 0 Å². The van der Waals surface area contributed by atoms with Crippen LogP contribution >= 0.6 is 11.8 Å². The Morgan fingerprint density at radius 3 is 2.56 bits per heavy atom. The van der Waals surface area contributed by atoms with E-state index in [1.54, 1.807) is 0 Å². The quantitative estimate of drug-likeness (QED) is 0.772. The summed E-state index contributed by atoms with van der Waals surface area (Å²) < 4.78 is 2.09. The van der Waals surface area contributed by atoms with Crippen LogP contribution in [-0.4, -0.2) is 31.6 Å². The number of thioether (sulfide) groups is 1. The van der Waals surface area contributed by atoms with Gasteiger partial charge in [0.05, 0.1) is 5.75 Å². The fourth-order valence-corrected chi connectivity index (χ4v) is 2.40. The van der Waals surface area contributed by atoms with Gasteiger partial charge in [-0.2, -0.15) is 0 Å². The highest BCUT2D eigenvalue weighted by Crippen LogP contribution is 2.26. The van der Waals surface area contributed by atoms with Gasteiger partial charge in [-0.15, -0.1) is 10.2 Å². The molecule has 0 aliphatic heterocycles. The van der Waals surface area contributed by atoms with E-state index in [1.165, 1.54) is 11.8 Å². The van der Waals surface area contributed by atoms with Gasteiger partial charge in [0.25, 0.3) is 0 Å². The second-order valence-corrected chi connectivity index (χ2v) is 5.63. The van der Waals surface area contributed by atoms with Gasteiger partial charge in [-0.1, -0.05) is 32.5 Å². The van der Waals surface area contributed by atoms with Gasteiger partial charge in [-0.3, -0.25) is 4.79 Å². The summed E-state index contributed by atoms with van der Waals surface area (Å²) in [6.45, 7) is 8.51. The van der Waals surface area contributed by atoms with Gasteiger partial charge >= 0.3 is 5.97 Å². The average molecular weight is 271 g/mol. The van der Waals surface area contributed by atoms with Crippen molar-refractivity contribution in [3.63, 3.8) is 0 Å². The Hall–Kier alpha value is -1.04. The summed E-state index contributed by atoms with van der Waals surface area (Å²) in [7, 11) is 0. The van der Waals surface area contributed by atoms with Crippen LogP contribution in [0.3, 0.4) is 0 Å². The monoisotopic (exact) mass is 271 g/mol. The third-order valence-electron chi connectivity index (χ3n) is 2.91. The second kappa shape index (κ2) is 6.78. The number of aryl methyl sites for hydroxylation is 1. The minimum Gasteiger partial charge on any atom is -0.481 e. The number of nitrogens with zero attached hydrogens (tertiary/aromatic N) is 3. The van der Waals surface area contributed by atoms with Crippen LogP contribution < -0.4 is 0 Å². The summed E-state index contributed by atoms with van der Waals surface area (Å²) in [5.41, 5.74) is 0. The molecule has 18 heavy (non-hydrogen) atoms. The Morgan fingerprint density at radius 2 is 2.06 bits per heavy atom. The number of aliphatic carboxylic acids is 1. The predicted molar refractivity (Wildman–Crippen MR) is 71.9 cm³/mol. The van der Waals surface area contributed by atoms with E-state index in [1.807, 2.05) is 0 Å². The number of hydrogen-bond acceptors (Lipinski definition) is 4. The zero-order valence-electron chi connectivity index (χ0n) is 11.4. The molecular weight excluding hydrogens is 250 g/mol. The van der Waals surface area contributed by atoms with Crippen LogP contribution in [0, 0.1) is 5.92 Å². The van der Waals surface area contributed by atoms with Crippen LogP contribution in [0.1, 0.15) is 46.0 Å². The molecule has 1 aromatic rings. The summed E-state index contributed by atoms with van der Waals surface area (Å²) in [5.74, 6) is 0.603. The molecule has 0 radical (unpaired) electrons. The number of carboxylic acids is 1. The molecule has 1 atom stereocenters. The molecule has 0 aromatic carbocycles. The van der Waals surface area contributed by atoms with Crippen LogP contribution in [0.25, 0.3) is 0 Å². The van der Waals surface area contributed by atoms with Crippen molar-refractivity contribution in [2.75, 3.05) is 5.75 Å². The molecular formula is C12H21N3O2S. The van der Waals surface area contributed by atoms with Gasteiger partial charge in [0.2, 0.25) is 0 Å². The lowest BCUT2D eigenvalue weighted by atomic mass is 10.1. The molecule has 1 N–H and O–H groups in total. The van der Waals surface area contributed by atoms with E-state index in [2.05, 4.69) is 42.5 Å². The molecule has 1 aromatic heterocycles. The van der Waals surface area contributed by atoms with Gasteiger partial charge in [-0.25, -0.2) is 0 Å². The van der Waals surface area contributed by atoms with E-state index < -0.39 is 5.97 Å². The Kier molecular flexibility index (Phi) is 5.65. The Bertz CT molecular complexity index is 404. The smallest absolute Gasteiger partial charge is 0.313 e. The van der Waals surface area contributed by atoms with E-state index in [0.717, 1.165) is 18.7 Å². The maximum atomic E-state index is 10.6. The first-order valence-electron chi connectivity index (χ1n) is 6.25. The third-order valence-corrected chi connectivity index (χ3v) is 3.83. The van der Waals surface area contributed by atoms with Crippen molar-refractivity contribution in [2.24, 2.45) is 5.92 Å². The zero-order valence-corrected chi connectivity index (χ0v) is 12.2. The Labute approximate surface area is 112 Å². The van der Waals surface area contributed by atoms with Crippen LogP contribution in [0.4, 0.5) is 0 Å². The van der Waals surface area contributed by atoms with Crippen molar-refractivity contribution in [2.45, 2.75) is 51.7 Å². The molecule has 1 heterocycles. The highest BCUT2D eigenvalue weighted by atomic mass is 32.2. The van der Waals surface area contributed by atoms with Crippen LogP contribution in [0.5, 0.6) is 0 Å². The van der Waals surface area contributed by atoms with Gasteiger partial charge in [0.1, 0.15) is 5.82 Å². The molecule has 0 spiro atoms. The van der Waals surface area contributed by atoms with Crippen molar-refractivity contribution >= 4 is 17.7 Å². The van der Waals surface area contributed by atoms with E-state index >= 15 is 0 Å². The maximum absolute atomic E-state index is 10.6.